The highest BCUT2D eigenvalue weighted by Crippen LogP contribution is 2.54. The van der Waals surface area contributed by atoms with Gasteiger partial charge in [-0.1, -0.05) is 60.7 Å². The van der Waals surface area contributed by atoms with E-state index in [0.717, 1.165) is 57.7 Å². The molecule has 0 N–H and O–H groups in total. The maximum Gasteiger partial charge on any atom is 0.344 e. The van der Waals surface area contributed by atoms with Gasteiger partial charge in [0.05, 0.1) is 5.57 Å². The molecule has 1 saturated heterocycles. The molecule has 2 aliphatic carbocycles. The van der Waals surface area contributed by atoms with Crippen LogP contribution in [-0.4, -0.2) is 5.97 Å². The standard InChI is InChI=1S/C32H24N2O2S/c1-19(25-16-26(20-8-4-2-5-9-20)37-31(25)23-10-6-3-7-11-23)27-29(28(21-12-13-21)22-14-15-22)32(35)36-30(27)24(17-33)18-34/h2-11,16,21-22H,12-15H2,1H3/b27-19+. The van der Waals surface area contributed by atoms with Gasteiger partial charge in [0, 0.05) is 15.3 Å². The Hall–Kier alpha value is -4.19. The topological polar surface area (TPSA) is 73.9 Å². The van der Waals surface area contributed by atoms with Crippen molar-refractivity contribution < 1.29 is 9.53 Å². The Morgan fingerprint density at radius 1 is 0.865 bits per heavy atom. The fourth-order valence-electron chi connectivity index (χ4n) is 5.22. The lowest BCUT2D eigenvalue weighted by molar-refractivity contribution is -0.132. The number of carbonyl (C=O) groups excluding carboxylic acids is 1. The van der Waals surface area contributed by atoms with Crippen LogP contribution >= 0.6 is 11.3 Å². The number of rotatable bonds is 5. The zero-order chi connectivity index (χ0) is 25.5. The summed E-state index contributed by atoms with van der Waals surface area (Å²) in [6.45, 7) is 1.99. The van der Waals surface area contributed by atoms with E-state index in [1.54, 1.807) is 11.3 Å². The number of ether oxygens (including phenoxy) is 1. The summed E-state index contributed by atoms with van der Waals surface area (Å²) in [5, 5.41) is 19.5. The molecular weight excluding hydrogens is 476 g/mol. The Morgan fingerprint density at radius 3 is 1.97 bits per heavy atom. The van der Waals surface area contributed by atoms with E-state index in [9.17, 15) is 15.3 Å². The van der Waals surface area contributed by atoms with Crippen molar-refractivity contribution in [2.75, 3.05) is 0 Å². The minimum Gasteiger partial charge on any atom is -0.420 e. The Balaban J connectivity index is 1.65. The molecule has 0 spiro atoms. The van der Waals surface area contributed by atoms with E-state index in [1.165, 1.54) is 5.57 Å². The van der Waals surface area contributed by atoms with Crippen molar-refractivity contribution in [3.63, 3.8) is 0 Å². The number of carbonyl (C=O) groups is 1. The number of benzene rings is 2. The normalized spacial score (nSPS) is 18.2. The van der Waals surface area contributed by atoms with Crippen LogP contribution in [0.15, 0.2) is 94.8 Å². The minimum absolute atomic E-state index is 0.104. The average molecular weight is 501 g/mol. The van der Waals surface area contributed by atoms with Crippen molar-refractivity contribution in [2.24, 2.45) is 11.8 Å². The summed E-state index contributed by atoms with van der Waals surface area (Å²) in [6.07, 6.45) is 4.29. The lowest BCUT2D eigenvalue weighted by Gasteiger charge is -2.12. The van der Waals surface area contributed by atoms with Crippen molar-refractivity contribution in [1.29, 1.82) is 10.5 Å². The minimum atomic E-state index is -0.430. The molecule has 1 aromatic heterocycles. The van der Waals surface area contributed by atoms with Gasteiger partial charge in [-0.2, -0.15) is 10.5 Å². The summed E-state index contributed by atoms with van der Waals surface area (Å²) in [5.74, 6) is 0.454. The summed E-state index contributed by atoms with van der Waals surface area (Å²) in [4.78, 5) is 15.6. The molecule has 1 aliphatic heterocycles. The second-order valence-corrected chi connectivity index (χ2v) is 10.8. The highest BCUT2D eigenvalue weighted by atomic mass is 32.1. The van der Waals surface area contributed by atoms with Gasteiger partial charge in [-0.15, -0.1) is 11.3 Å². The number of nitriles is 2. The van der Waals surface area contributed by atoms with E-state index >= 15 is 0 Å². The molecule has 0 radical (unpaired) electrons. The van der Waals surface area contributed by atoms with Gasteiger partial charge in [-0.3, -0.25) is 0 Å². The third kappa shape index (κ3) is 4.22. The van der Waals surface area contributed by atoms with Crippen molar-refractivity contribution in [3.8, 4) is 33.0 Å². The van der Waals surface area contributed by atoms with E-state index in [0.29, 0.717) is 23.0 Å². The SMILES string of the molecule is C/C(=C1\C(=C(C#N)C#N)OC(=O)C1=C(C1CC1)C1CC1)c1cc(-c2ccccc2)sc1-c1ccccc1. The predicted octanol–water partition coefficient (Wildman–Crippen LogP) is 7.83. The number of cyclic esters (lactones) is 1. The van der Waals surface area contributed by atoms with Crippen LogP contribution in [0.2, 0.25) is 0 Å². The van der Waals surface area contributed by atoms with Crippen molar-refractivity contribution in [3.05, 3.63) is 100 Å². The molecule has 0 atom stereocenters. The molecule has 2 aromatic carbocycles. The van der Waals surface area contributed by atoms with Crippen molar-refractivity contribution in [1.82, 2.24) is 0 Å². The number of esters is 1. The van der Waals surface area contributed by atoms with Gasteiger partial charge in [0.25, 0.3) is 0 Å². The highest BCUT2D eigenvalue weighted by molar-refractivity contribution is 7.19. The summed E-state index contributed by atoms with van der Waals surface area (Å²) < 4.78 is 5.73. The largest absolute Gasteiger partial charge is 0.420 e. The molecule has 2 heterocycles. The van der Waals surface area contributed by atoms with Gasteiger partial charge in [-0.25, -0.2) is 4.79 Å². The molecule has 3 aromatic rings. The van der Waals surface area contributed by atoms with Gasteiger partial charge in [0.15, 0.2) is 11.3 Å². The number of thiophene rings is 1. The zero-order valence-corrected chi connectivity index (χ0v) is 21.3. The number of hydrogen-bond donors (Lipinski definition) is 0. The Bertz CT molecular complexity index is 1560. The first-order valence-corrected chi connectivity index (χ1v) is 13.4. The first kappa shape index (κ1) is 23.2. The Morgan fingerprint density at radius 2 is 1.43 bits per heavy atom. The maximum atomic E-state index is 13.4. The Labute approximate surface area is 220 Å². The van der Waals surface area contributed by atoms with E-state index in [1.807, 2.05) is 55.5 Å². The summed E-state index contributed by atoms with van der Waals surface area (Å²) in [5.41, 5.74) is 6.25. The molecule has 3 fully saturated rings. The smallest absolute Gasteiger partial charge is 0.344 e. The quantitative estimate of drug-likeness (QED) is 0.203. The van der Waals surface area contributed by atoms with Crippen molar-refractivity contribution >= 4 is 22.9 Å². The molecule has 5 heteroatoms. The molecule has 3 aliphatic rings. The van der Waals surface area contributed by atoms with Gasteiger partial charge < -0.3 is 4.74 Å². The second kappa shape index (κ2) is 9.36. The first-order valence-electron chi connectivity index (χ1n) is 12.6. The van der Waals surface area contributed by atoms with Crippen LogP contribution < -0.4 is 0 Å². The van der Waals surface area contributed by atoms with E-state index in [-0.39, 0.29) is 11.3 Å². The molecule has 2 saturated carbocycles. The molecule has 37 heavy (non-hydrogen) atoms. The molecule has 0 bridgehead atoms. The highest BCUT2D eigenvalue weighted by Gasteiger charge is 2.45. The van der Waals surface area contributed by atoms with Gasteiger partial charge >= 0.3 is 5.97 Å². The zero-order valence-electron chi connectivity index (χ0n) is 20.5. The van der Waals surface area contributed by atoms with Crippen LogP contribution in [0, 0.1) is 34.5 Å². The fraction of sp³-hybridized carbons (Fsp3) is 0.219. The predicted molar refractivity (Wildman–Crippen MR) is 145 cm³/mol. The number of hydrogen-bond acceptors (Lipinski definition) is 5. The van der Waals surface area contributed by atoms with Crippen LogP contribution in [-0.2, 0) is 9.53 Å². The summed E-state index contributed by atoms with van der Waals surface area (Å²) in [6, 6.07) is 26.5. The van der Waals surface area contributed by atoms with Crippen LogP contribution in [0.5, 0.6) is 0 Å². The average Bonchev–Trinajstić information content (AvgIpc) is 3.87. The maximum absolute atomic E-state index is 13.4. The van der Waals surface area contributed by atoms with E-state index in [4.69, 9.17) is 4.74 Å². The summed E-state index contributed by atoms with van der Waals surface area (Å²) >= 11 is 1.70. The molecule has 180 valence electrons. The van der Waals surface area contributed by atoms with Crippen LogP contribution in [0.1, 0.15) is 38.2 Å². The second-order valence-electron chi connectivity index (χ2n) is 9.78. The van der Waals surface area contributed by atoms with Crippen LogP contribution in [0.4, 0.5) is 0 Å². The van der Waals surface area contributed by atoms with Crippen LogP contribution in [0.3, 0.4) is 0 Å². The monoisotopic (exact) mass is 500 g/mol. The van der Waals surface area contributed by atoms with Crippen molar-refractivity contribution in [2.45, 2.75) is 32.6 Å². The fourth-order valence-corrected chi connectivity index (χ4v) is 6.44. The number of nitrogens with zero attached hydrogens (tertiary/aromatic N) is 2. The third-order valence-electron chi connectivity index (χ3n) is 7.26. The molecule has 0 amide bonds. The lowest BCUT2D eigenvalue weighted by atomic mass is 9.88. The van der Waals surface area contributed by atoms with E-state index < -0.39 is 5.97 Å². The third-order valence-corrected chi connectivity index (χ3v) is 8.49. The van der Waals surface area contributed by atoms with E-state index in [2.05, 4.69) is 30.3 Å². The Kier molecular flexibility index (Phi) is 5.87. The number of allylic oxidation sites excluding steroid dienone is 4. The molecule has 0 unspecified atom stereocenters. The summed E-state index contributed by atoms with van der Waals surface area (Å²) in [7, 11) is 0. The molecular formula is C32H24N2O2S. The molecule has 4 nitrogen and oxygen atoms in total. The van der Waals surface area contributed by atoms with Gasteiger partial charge in [0.2, 0.25) is 0 Å². The molecule has 6 rings (SSSR count). The lowest BCUT2D eigenvalue weighted by Crippen LogP contribution is -2.05. The van der Waals surface area contributed by atoms with Gasteiger partial charge in [0.1, 0.15) is 12.1 Å². The van der Waals surface area contributed by atoms with Crippen LogP contribution in [0.25, 0.3) is 26.5 Å². The van der Waals surface area contributed by atoms with Gasteiger partial charge in [-0.05, 0) is 78.3 Å². The first-order chi connectivity index (χ1) is 18.1.